The smallest absolute Gasteiger partial charge is 0.303 e. The second kappa shape index (κ2) is 5.32. The number of aliphatic carboxylic acids is 1. The standard InChI is InChI=1S/C10H19NO3/c12-8-10(4-5-10)7-11-6-2-1-3-9(13)14/h11-12H,1-8H2,(H,13,14). The number of nitrogens with one attached hydrogen (secondary N) is 1. The van der Waals surface area contributed by atoms with Gasteiger partial charge < -0.3 is 15.5 Å². The Morgan fingerprint density at radius 1 is 1.36 bits per heavy atom. The quantitative estimate of drug-likeness (QED) is 0.503. The highest BCUT2D eigenvalue weighted by Gasteiger charge is 2.41. The Bertz CT molecular complexity index is 190. The van der Waals surface area contributed by atoms with Crippen molar-refractivity contribution in [2.75, 3.05) is 19.7 Å². The summed E-state index contributed by atoms with van der Waals surface area (Å²) < 4.78 is 0. The van der Waals surface area contributed by atoms with E-state index in [-0.39, 0.29) is 18.4 Å². The molecule has 0 bridgehead atoms. The van der Waals surface area contributed by atoms with Crippen LogP contribution in [0.15, 0.2) is 0 Å². The van der Waals surface area contributed by atoms with Crippen LogP contribution in [-0.4, -0.2) is 35.9 Å². The second-order valence-corrected chi connectivity index (χ2v) is 4.19. The molecule has 1 saturated carbocycles. The first-order valence-corrected chi connectivity index (χ1v) is 5.22. The average Bonchev–Trinajstić information content (AvgIpc) is 2.91. The lowest BCUT2D eigenvalue weighted by Crippen LogP contribution is -2.27. The fourth-order valence-electron chi connectivity index (χ4n) is 1.45. The predicted molar refractivity (Wildman–Crippen MR) is 53.1 cm³/mol. The van der Waals surface area contributed by atoms with Crippen LogP contribution in [0.1, 0.15) is 32.1 Å². The Hall–Kier alpha value is -0.610. The molecule has 1 fully saturated rings. The minimum Gasteiger partial charge on any atom is -0.481 e. The number of aliphatic hydroxyl groups is 1. The number of carbonyl (C=O) groups is 1. The van der Waals surface area contributed by atoms with Gasteiger partial charge in [-0.15, -0.1) is 0 Å². The van der Waals surface area contributed by atoms with Crippen LogP contribution in [0.3, 0.4) is 0 Å². The first kappa shape index (κ1) is 11.5. The van der Waals surface area contributed by atoms with Crippen molar-refractivity contribution in [2.45, 2.75) is 32.1 Å². The van der Waals surface area contributed by atoms with E-state index >= 15 is 0 Å². The Labute approximate surface area is 84.3 Å². The first-order valence-electron chi connectivity index (χ1n) is 5.22. The van der Waals surface area contributed by atoms with Gasteiger partial charge in [0.15, 0.2) is 0 Å². The van der Waals surface area contributed by atoms with E-state index in [2.05, 4.69) is 5.32 Å². The normalized spacial score (nSPS) is 18.1. The molecule has 4 heteroatoms. The minimum atomic E-state index is -0.723. The van der Waals surface area contributed by atoms with Gasteiger partial charge in [0.1, 0.15) is 0 Å². The zero-order valence-corrected chi connectivity index (χ0v) is 8.46. The molecule has 0 heterocycles. The van der Waals surface area contributed by atoms with Crippen molar-refractivity contribution in [3.8, 4) is 0 Å². The summed E-state index contributed by atoms with van der Waals surface area (Å²) in [5.41, 5.74) is 0.160. The molecule has 0 saturated heterocycles. The van der Waals surface area contributed by atoms with Crippen LogP contribution in [-0.2, 0) is 4.79 Å². The molecule has 0 unspecified atom stereocenters. The molecule has 0 amide bonds. The van der Waals surface area contributed by atoms with E-state index < -0.39 is 5.97 Å². The molecule has 0 aromatic rings. The average molecular weight is 201 g/mol. The molecule has 1 rings (SSSR count). The molecule has 0 radical (unpaired) electrons. The van der Waals surface area contributed by atoms with E-state index in [4.69, 9.17) is 10.2 Å². The summed E-state index contributed by atoms with van der Waals surface area (Å²) in [5, 5.41) is 20.7. The third kappa shape index (κ3) is 4.07. The number of aliphatic hydroxyl groups excluding tert-OH is 1. The Morgan fingerprint density at radius 3 is 2.57 bits per heavy atom. The maximum absolute atomic E-state index is 10.2. The molecule has 0 aliphatic heterocycles. The third-order valence-electron chi connectivity index (χ3n) is 2.79. The van der Waals surface area contributed by atoms with E-state index in [1.807, 2.05) is 0 Å². The van der Waals surface area contributed by atoms with Gasteiger partial charge >= 0.3 is 5.97 Å². The molecular formula is C10H19NO3. The van der Waals surface area contributed by atoms with E-state index in [0.29, 0.717) is 0 Å². The van der Waals surface area contributed by atoms with Crippen LogP contribution in [0.2, 0.25) is 0 Å². The first-order chi connectivity index (χ1) is 6.68. The van der Waals surface area contributed by atoms with E-state index in [0.717, 1.165) is 38.8 Å². The SMILES string of the molecule is O=C(O)CCCCNCC1(CO)CC1. The molecule has 1 aliphatic rings. The van der Waals surface area contributed by atoms with Gasteiger partial charge in [0.05, 0.1) is 0 Å². The van der Waals surface area contributed by atoms with Gasteiger partial charge in [-0.3, -0.25) is 4.79 Å². The van der Waals surface area contributed by atoms with Crippen molar-refractivity contribution >= 4 is 5.97 Å². The van der Waals surface area contributed by atoms with E-state index in [1.54, 1.807) is 0 Å². The Kier molecular flexibility index (Phi) is 4.35. The van der Waals surface area contributed by atoms with Crippen molar-refractivity contribution in [3.63, 3.8) is 0 Å². The van der Waals surface area contributed by atoms with Crippen molar-refractivity contribution in [1.82, 2.24) is 5.32 Å². The number of carboxylic acids is 1. The summed E-state index contributed by atoms with van der Waals surface area (Å²) in [4.78, 5) is 10.2. The number of carboxylic acid groups (broad SMARTS) is 1. The molecule has 82 valence electrons. The molecule has 0 spiro atoms. The van der Waals surface area contributed by atoms with Crippen molar-refractivity contribution in [2.24, 2.45) is 5.41 Å². The molecule has 1 aliphatic carbocycles. The summed E-state index contributed by atoms with van der Waals surface area (Å²) in [5.74, 6) is -0.723. The summed E-state index contributed by atoms with van der Waals surface area (Å²) in [7, 11) is 0. The molecule has 0 aromatic carbocycles. The van der Waals surface area contributed by atoms with Gasteiger partial charge in [-0.2, -0.15) is 0 Å². The number of unbranched alkanes of at least 4 members (excludes halogenated alkanes) is 1. The van der Waals surface area contributed by atoms with Gasteiger partial charge in [0, 0.05) is 25.0 Å². The predicted octanol–water partition coefficient (Wildman–Crippen LogP) is 0.603. The van der Waals surface area contributed by atoms with E-state index in [9.17, 15) is 4.79 Å². The third-order valence-corrected chi connectivity index (χ3v) is 2.79. The van der Waals surface area contributed by atoms with Crippen LogP contribution in [0.25, 0.3) is 0 Å². The zero-order chi connectivity index (χ0) is 10.4. The summed E-state index contributed by atoms with van der Waals surface area (Å²) in [6.45, 7) is 2.00. The fraction of sp³-hybridized carbons (Fsp3) is 0.900. The number of hydrogen-bond donors (Lipinski definition) is 3. The molecule has 0 atom stereocenters. The molecule has 14 heavy (non-hydrogen) atoms. The highest BCUT2D eigenvalue weighted by Crippen LogP contribution is 2.44. The van der Waals surface area contributed by atoms with Crippen LogP contribution in [0.5, 0.6) is 0 Å². The topological polar surface area (TPSA) is 69.6 Å². The fourth-order valence-corrected chi connectivity index (χ4v) is 1.45. The van der Waals surface area contributed by atoms with Gasteiger partial charge in [0.2, 0.25) is 0 Å². The van der Waals surface area contributed by atoms with Gasteiger partial charge in [-0.25, -0.2) is 0 Å². The van der Waals surface area contributed by atoms with Crippen molar-refractivity contribution in [3.05, 3.63) is 0 Å². The lowest BCUT2D eigenvalue weighted by atomic mass is 10.1. The Balaban J connectivity index is 1.87. The Morgan fingerprint density at radius 2 is 2.07 bits per heavy atom. The zero-order valence-electron chi connectivity index (χ0n) is 8.46. The van der Waals surface area contributed by atoms with Crippen LogP contribution >= 0.6 is 0 Å². The van der Waals surface area contributed by atoms with Gasteiger partial charge in [-0.1, -0.05) is 0 Å². The summed E-state index contributed by atoms with van der Waals surface area (Å²) in [6.07, 6.45) is 4.12. The van der Waals surface area contributed by atoms with E-state index in [1.165, 1.54) is 0 Å². The van der Waals surface area contributed by atoms with Gasteiger partial charge in [0.25, 0.3) is 0 Å². The van der Waals surface area contributed by atoms with Crippen molar-refractivity contribution in [1.29, 1.82) is 0 Å². The molecule has 0 aromatic heterocycles. The minimum absolute atomic E-state index is 0.160. The molecule has 3 N–H and O–H groups in total. The van der Waals surface area contributed by atoms with Gasteiger partial charge in [-0.05, 0) is 32.2 Å². The second-order valence-electron chi connectivity index (χ2n) is 4.19. The lowest BCUT2D eigenvalue weighted by molar-refractivity contribution is -0.137. The molecular weight excluding hydrogens is 182 g/mol. The maximum Gasteiger partial charge on any atom is 0.303 e. The highest BCUT2D eigenvalue weighted by atomic mass is 16.4. The lowest BCUT2D eigenvalue weighted by Gasteiger charge is -2.12. The van der Waals surface area contributed by atoms with Crippen LogP contribution in [0.4, 0.5) is 0 Å². The van der Waals surface area contributed by atoms with Crippen LogP contribution < -0.4 is 5.32 Å². The van der Waals surface area contributed by atoms with Crippen LogP contribution in [0, 0.1) is 5.41 Å². The highest BCUT2D eigenvalue weighted by molar-refractivity contribution is 5.66. The maximum atomic E-state index is 10.2. The largest absolute Gasteiger partial charge is 0.481 e. The van der Waals surface area contributed by atoms with Crippen molar-refractivity contribution < 1.29 is 15.0 Å². The number of rotatable bonds is 8. The summed E-state index contributed by atoms with van der Waals surface area (Å²) >= 11 is 0. The number of hydrogen-bond acceptors (Lipinski definition) is 3. The monoisotopic (exact) mass is 201 g/mol. The summed E-state index contributed by atoms with van der Waals surface area (Å²) in [6, 6.07) is 0. The molecule has 4 nitrogen and oxygen atoms in total.